The molecule has 0 saturated heterocycles. The van der Waals surface area contributed by atoms with Crippen LogP contribution in [0.3, 0.4) is 0 Å². The third kappa shape index (κ3) is 8.29. The van der Waals surface area contributed by atoms with Crippen molar-refractivity contribution in [2.75, 3.05) is 20.1 Å². The highest BCUT2D eigenvalue weighted by atomic mass is 15.1. The van der Waals surface area contributed by atoms with Gasteiger partial charge >= 0.3 is 0 Å². The zero-order chi connectivity index (χ0) is 21.7. The van der Waals surface area contributed by atoms with Gasteiger partial charge in [0, 0.05) is 25.7 Å². The summed E-state index contributed by atoms with van der Waals surface area (Å²) in [6, 6.07) is 32.8. The van der Waals surface area contributed by atoms with Crippen LogP contribution in [0, 0.1) is 0 Å². The van der Waals surface area contributed by atoms with Crippen LogP contribution in [0.25, 0.3) is 0 Å². The number of nitrogens with zero attached hydrogens (tertiary/aromatic N) is 2. The fourth-order valence-corrected chi connectivity index (χ4v) is 4.23. The first kappa shape index (κ1) is 23.2. The molecule has 0 aliphatic carbocycles. The highest BCUT2D eigenvalue weighted by Gasteiger charge is 2.15. The van der Waals surface area contributed by atoms with E-state index < -0.39 is 0 Å². The molecule has 3 nitrogen and oxygen atoms in total. The Bertz CT molecular complexity index is 794. The zero-order valence-electron chi connectivity index (χ0n) is 18.9. The van der Waals surface area contributed by atoms with Crippen LogP contribution in [0.5, 0.6) is 0 Å². The lowest BCUT2D eigenvalue weighted by atomic mass is 10.0. The molecule has 3 aromatic carbocycles. The summed E-state index contributed by atoms with van der Waals surface area (Å²) in [4.78, 5) is 5.04. The molecule has 0 aromatic heterocycles. The van der Waals surface area contributed by atoms with Gasteiger partial charge in [-0.05, 0) is 56.1 Å². The highest BCUT2D eigenvalue weighted by molar-refractivity contribution is 5.17. The molecule has 0 heterocycles. The van der Waals surface area contributed by atoms with Gasteiger partial charge in [-0.3, -0.25) is 9.80 Å². The first-order chi connectivity index (χ1) is 15.2. The van der Waals surface area contributed by atoms with E-state index in [0.29, 0.717) is 6.04 Å². The maximum atomic E-state index is 5.96. The molecule has 0 saturated carbocycles. The van der Waals surface area contributed by atoms with E-state index in [1.54, 1.807) is 0 Å². The van der Waals surface area contributed by atoms with E-state index in [4.69, 9.17) is 5.73 Å². The Morgan fingerprint density at radius 1 is 0.645 bits per heavy atom. The van der Waals surface area contributed by atoms with E-state index in [9.17, 15) is 0 Å². The predicted molar refractivity (Wildman–Crippen MR) is 132 cm³/mol. The van der Waals surface area contributed by atoms with Crippen molar-refractivity contribution in [3.05, 3.63) is 108 Å². The van der Waals surface area contributed by atoms with Crippen molar-refractivity contribution in [1.82, 2.24) is 9.80 Å². The van der Waals surface area contributed by atoms with Crippen LogP contribution in [0.1, 0.15) is 36.0 Å². The standard InChI is InChI=1S/C28H37N3/c1-30(22-25-12-5-2-6-13-25)28(19-20-29)18-11-21-31(23-26-14-7-3-8-15-26)24-27-16-9-4-10-17-27/h2-10,12-17,28H,11,18-24,29H2,1H3. The van der Waals surface area contributed by atoms with Crippen molar-refractivity contribution in [3.63, 3.8) is 0 Å². The van der Waals surface area contributed by atoms with E-state index >= 15 is 0 Å². The van der Waals surface area contributed by atoms with Gasteiger partial charge < -0.3 is 5.73 Å². The topological polar surface area (TPSA) is 32.5 Å². The van der Waals surface area contributed by atoms with Crippen molar-refractivity contribution < 1.29 is 0 Å². The monoisotopic (exact) mass is 415 g/mol. The third-order valence-electron chi connectivity index (χ3n) is 5.91. The number of nitrogens with two attached hydrogens (primary N) is 1. The number of hydrogen-bond acceptors (Lipinski definition) is 3. The number of rotatable bonds is 13. The van der Waals surface area contributed by atoms with Crippen LogP contribution >= 0.6 is 0 Å². The Hall–Kier alpha value is -2.46. The van der Waals surface area contributed by atoms with Crippen LogP contribution in [0.4, 0.5) is 0 Å². The lowest BCUT2D eigenvalue weighted by Gasteiger charge is -2.29. The van der Waals surface area contributed by atoms with Crippen LogP contribution in [-0.2, 0) is 19.6 Å². The summed E-state index contributed by atoms with van der Waals surface area (Å²) in [5.74, 6) is 0. The molecule has 0 bridgehead atoms. The largest absolute Gasteiger partial charge is 0.330 e. The van der Waals surface area contributed by atoms with Crippen molar-refractivity contribution in [2.24, 2.45) is 5.73 Å². The van der Waals surface area contributed by atoms with E-state index in [2.05, 4.69) is 108 Å². The summed E-state index contributed by atoms with van der Waals surface area (Å²) in [5, 5.41) is 0. The molecule has 31 heavy (non-hydrogen) atoms. The van der Waals surface area contributed by atoms with Gasteiger partial charge in [-0.1, -0.05) is 91.0 Å². The fraction of sp³-hybridized carbons (Fsp3) is 0.357. The Morgan fingerprint density at radius 2 is 1.10 bits per heavy atom. The minimum atomic E-state index is 0.514. The Balaban J connectivity index is 1.57. The van der Waals surface area contributed by atoms with Gasteiger partial charge in [0.05, 0.1) is 0 Å². The summed E-state index contributed by atoms with van der Waals surface area (Å²) >= 11 is 0. The molecule has 3 heteroatoms. The molecule has 3 aromatic rings. The molecule has 0 spiro atoms. The molecule has 0 aliphatic heterocycles. The quantitative estimate of drug-likeness (QED) is 0.410. The lowest BCUT2D eigenvalue weighted by Crippen LogP contribution is -2.34. The molecule has 0 radical (unpaired) electrons. The van der Waals surface area contributed by atoms with Crippen molar-refractivity contribution >= 4 is 0 Å². The van der Waals surface area contributed by atoms with Gasteiger partial charge in [-0.2, -0.15) is 0 Å². The molecule has 0 aliphatic rings. The maximum Gasteiger partial charge on any atom is 0.0237 e. The van der Waals surface area contributed by atoms with E-state index in [0.717, 1.165) is 39.1 Å². The molecule has 3 rings (SSSR count). The first-order valence-corrected chi connectivity index (χ1v) is 11.5. The SMILES string of the molecule is CN(Cc1ccccc1)C(CCN)CCCN(Cc1ccccc1)Cc1ccccc1. The minimum Gasteiger partial charge on any atom is -0.330 e. The van der Waals surface area contributed by atoms with Crippen molar-refractivity contribution in [1.29, 1.82) is 0 Å². The molecular formula is C28H37N3. The van der Waals surface area contributed by atoms with E-state index in [1.165, 1.54) is 29.5 Å². The van der Waals surface area contributed by atoms with Crippen molar-refractivity contribution in [3.8, 4) is 0 Å². The highest BCUT2D eigenvalue weighted by Crippen LogP contribution is 2.16. The van der Waals surface area contributed by atoms with Crippen LogP contribution in [0.2, 0.25) is 0 Å². The maximum absolute atomic E-state index is 5.96. The molecule has 2 N–H and O–H groups in total. The summed E-state index contributed by atoms with van der Waals surface area (Å²) in [5.41, 5.74) is 10.1. The average Bonchev–Trinajstić information content (AvgIpc) is 2.80. The summed E-state index contributed by atoms with van der Waals surface area (Å²) < 4.78 is 0. The van der Waals surface area contributed by atoms with Gasteiger partial charge in [0.15, 0.2) is 0 Å². The van der Waals surface area contributed by atoms with Crippen LogP contribution in [-0.4, -0.2) is 36.0 Å². The Labute approximate surface area is 188 Å². The summed E-state index contributed by atoms with van der Waals surface area (Å²) in [7, 11) is 2.24. The van der Waals surface area contributed by atoms with Crippen molar-refractivity contribution in [2.45, 2.75) is 44.9 Å². The molecule has 164 valence electrons. The second-order valence-electron chi connectivity index (χ2n) is 8.46. The van der Waals surface area contributed by atoms with Gasteiger partial charge in [0.25, 0.3) is 0 Å². The van der Waals surface area contributed by atoms with Gasteiger partial charge in [0.2, 0.25) is 0 Å². The van der Waals surface area contributed by atoms with Gasteiger partial charge in [-0.25, -0.2) is 0 Å². The molecular weight excluding hydrogens is 378 g/mol. The minimum absolute atomic E-state index is 0.514. The lowest BCUT2D eigenvalue weighted by molar-refractivity contribution is 0.191. The number of hydrogen-bond donors (Lipinski definition) is 1. The Morgan fingerprint density at radius 3 is 1.55 bits per heavy atom. The predicted octanol–water partition coefficient (Wildman–Crippen LogP) is 5.32. The second kappa shape index (κ2) is 13.1. The second-order valence-corrected chi connectivity index (χ2v) is 8.46. The summed E-state index contributed by atoms with van der Waals surface area (Å²) in [6.45, 7) is 4.77. The molecule has 1 unspecified atom stereocenters. The van der Waals surface area contributed by atoms with Crippen LogP contribution < -0.4 is 5.73 Å². The molecule has 1 atom stereocenters. The smallest absolute Gasteiger partial charge is 0.0237 e. The fourth-order valence-electron chi connectivity index (χ4n) is 4.23. The normalized spacial score (nSPS) is 12.4. The zero-order valence-corrected chi connectivity index (χ0v) is 18.9. The number of benzene rings is 3. The Kier molecular flexibility index (Phi) is 9.78. The average molecular weight is 416 g/mol. The molecule has 0 fully saturated rings. The molecule has 0 amide bonds. The third-order valence-corrected chi connectivity index (χ3v) is 5.91. The first-order valence-electron chi connectivity index (χ1n) is 11.5. The van der Waals surface area contributed by atoms with Crippen LogP contribution in [0.15, 0.2) is 91.0 Å². The van der Waals surface area contributed by atoms with Gasteiger partial charge in [-0.15, -0.1) is 0 Å². The van der Waals surface area contributed by atoms with Gasteiger partial charge in [0.1, 0.15) is 0 Å². The summed E-state index contributed by atoms with van der Waals surface area (Å²) in [6.07, 6.45) is 3.38. The van der Waals surface area contributed by atoms with E-state index in [1.807, 2.05) is 0 Å². The van der Waals surface area contributed by atoms with E-state index in [-0.39, 0.29) is 0 Å².